The number of hydrazone groups is 1. The fourth-order valence-electron chi connectivity index (χ4n) is 5.41. The monoisotopic (exact) mass is 821 g/mol. The van der Waals surface area contributed by atoms with Crippen LogP contribution in [0, 0.1) is 0 Å². The van der Waals surface area contributed by atoms with E-state index in [0.29, 0.717) is 10.0 Å². The standard InChI is InChI=1S/C21H24ClN5O4.C20H21ClO5/c1-3-30-20(29)13(2)31-18(19(28)23-21-24-26-27-25-21)11-14-7-9-15(10-8-14)16-5-4-6-17(22)12-16;1-3-25-20(24)13(2)26-18(19(22)23)11-14-7-9-15(10-8-14)16-5-4-6-17(21)12-16/h4-10,12-13,18,26-27H,3,11H2,1-2H3,(H2,23,24,25,28);4-10,12-13,18H,3,11H2,1-2H3,(H,22,23)/t2*13-,18-/m00/s1. The Kier molecular flexibility index (Phi) is 17.3. The van der Waals surface area contributed by atoms with Crippen molar-refractivity contribution in [3.05, 3.63) is 118 Å². The van der Waals surface area contributed by atoms with Gasteiger partial charge in [0.25, 0.3) is 5.91 Å². The summed E-state index contributed by atoms with van der Waals surface area (Å²) in [5, 5.41) is 17.1. The van der Waals surface area contributed by atoms with Crippen molar-refractivity contribution in [2.24, 2.45) is 5.10 Å². The number of carboxylic acid groups (broad SMARTS) is 1. The molecule has 5 N–H and O–H groups in total. The first kappa shape index (κ1) is 44.2. The van der Waals surface area contributed by atoms with Gasteiger partial charge in [0.2, 0.25) is 5.96 Å². The Bertz CT molecular complexity index is 2000. The van der Waals surface area contributed by atoms with Crippen LogP contribution in [0.5, 0.6) is 0 Å². The van der Waals surface area contributed by atoms with Crippen LogP contribution >= 0.6 is 23.2 Å². The lowest BCUT2D eigenvalue weighted by atomic mass is 10.0. The second-order valence-electron chi connectivity index (χ2n) is 12.5. The van der Waals surface area contributed by atoms with Gasteiger partial charge in [0.15, 0.2) is 18.3 Å². The number of aliphatic carboxylic acids is 1. The van der Waals surface area contributed by atoms with Crippen molar-refractivity contribution < 1.29 is 43.2 Å². The van der Waals surface area contributed by atoms with Gasteiger partial charge in [0.05, 0.1) is 13.2 Å². The number of hydrazine groups is 2. The number of hydrogen-bond donors (Lipinski definition) is 5. The van der Waals surface area contributed by atoms with Crippen LogP contribution < -0.4 is 21.8 Å². The average Bonchev–Trinajstić information content (AvgIpc) is 3.71. The van der Waals surface area contributed by atoms with E-state index >= 15 is 0 Å². The van der Waals surface area contributed by atoms with Crippen molar-refractivity contribution in [2.75, 3.05) is 13.2 Å². The van der Waals surface area contributed by atoms with Crippen molar-refractivity contribution in [1.82, 2.24) is 21.8 Å². The molecule has 4 aromatic carbocycles. The highest BCUT2D eigenvalue weighted by molar-refractivity contribution is 6.31. The molecule has 0 aromatic heterocycles. The van der Waals surface area contributed by atoms with E-state index in [0.717, 1.165) is 33.4 Å². The molecule has 16 heteroatoms. The van der Waals surface area contributed by atoms with Crippen molar-refractivity contribution in [3.63, 3.8) is 0 Å². The number of ether oxygens (including phenoxy) is 4. The normalized spacial score (nSPS) is 13.9. The molecule has 14 nitrogen and oxygen atoms in total. The number of amides is 1. The number of nitrogens with one attached hydrogen (secondary N) is 4. The van der Waals surface area contributed by atoms with Gasteiger partial charge in [-0.25, -0.2) is 19.9 Å². The number of benzene rings is 4. The van der Waals surface area contributed by atoms with Crippen LogP contribution in [-0.4, -0.2) is 72.5 Å². The molecule has 0 fully saturated rings. The molecule has 1 heterocycles. The lowest BCUT2D eigenvalue weighted by Gasteiger charge is -2.21. The Labute approximate surface area is 340 Å². The molecule has 0 saturated heterocycles. The molecule has 0 radical (unpaired) electrons. The molecule has 1 aliphatic rings. The van der Waals surface area contributed by atoms with Crippen molar-refractivity contribution in [1.29, 1.82) is 0 Å². The third-order valence-electron chi connectivity index (χ3n) is 8.25. The van der Waals surface area contributed by atoms with Gasteiger partial charge in [-0.1, -0.05) is 96.0 Å². The minimum Gasteiger partial charge on any atom is -0.479 e. The van der Waals surface area contributed by atoms with Gasteiger partial charge in [-0.2, -0.15) is 0 Å². The molecular weight excluding hydrogens is 777 g/mol. The van der Waals surface area contributed by atoms with E-state index in [1.54, 1.807) is 26.8 Å². The van der Waals surface area contributed by atoms with Crippen LogP contribution in [0.4, 0.5) is 0 Å². The third-order valence-corrected chi connectivity index (χ3v) is 8.72. The number of carboxylic acids is 1. The summed E-state index contributed by atoms with van der Waals surface area (Å²) < 4.78 is 20.9. The lowest BCUT2D eigenvalue weighted by molar-refractivity contribution is -0.167. The molecule has 4 aromatic rings. The van der Waals surface area contributed by atoms with Crippen LogP contribution in [0.3, 0.4) is 0 Å². The zero-order valence-corrected chi connectivity index (χ0v) is 33.3. The summed E-state index contributed by atoms with van der Waals surface area (Å²) in [5.74, 6) is -2.49. The highest BCUT2D eigenvalue weighted by atomic mass is 35.5. The number of esters is 2. The summed E-state index contributed by atoms with van der Waals surface area (Å²) in [4.78, 5) is 47.8. The van der Waals surface area contributed by atoms with Gasteiger partial charge in [-0.05, 0) is 85.3 Å². The number of carbonyl (C=O) groups is 4. The molecule has 57 heavy (non-hydrogen) atoms. The molecule has 0 spiro atoms. The summed E-state index contributed by atoms with van der Waals surface area (Å²) in [6.45, 7) is 6.87. The third kappa shape index (κ3) is 14.2. The molecule has 0 bridgehead atoms. The first-order chi connectivity index (χ1) is 27.4. The maximum atomic E-state index is 12.8. The molecule has 1 aliphatic heterocycles. The fourth-order valence-corrected chi connectivity index (χ4v) is 5.79. The van der Waals surface area contributed by atoms with Crippen molar-refractivity contribution in [3.8, 4) is 22.3 Å². The zero-order valence-electron chi connectivity index (χ0n) is 31.8. The number of rotatable bonds is 16. The SMILES string of the molecule is CCOC(=O)[C@H](C)O[C@@H](Cc1ccc(-c2cccc(Cl)c2)cc1)C(=O)NC1=NNNN1.CCOC(=O)[C@H](C)O[C@@H](Cc1ccc(-c2cccc(Cl)c2)cc1)C(=O)O. The summed E-state index contributed by atoms with van der Waals surface area (Å²) in [6, 6.07) is 30.2. The number of guanidine groups is 1. The van der Waals surface area contributed by atoms with Crippen molar-refractivity contribution in [2.45, 2.75) is 65.0 Å². The zero-order chi connectivity index (χ0) is 41.3. The molecule has 0 saturated carbocycles. The summed E-state index contributed by atoms with van der Waals surface area (Å²) >= 11 is 12.1. The molecule has 302 valence electrons. The van der Waals surface area contributed by atoms with Gasteiger partial charge < -0.3 is 24.1 Å². The topological polar surface area (TPSA) is 186 Å². The summed E-state index contributed by atoms with van der Waals surface area (Å²) in [6.07, 6.45) is -3.53. The maximum Gasteiger partial charge on any atom is 0.334 e. The van der Waals surface area contributed by atoms with Crippen LogP contribution in [-0.2, 0) is 51.0 Å². The van der Waals surface area contributed by atoms with E-state index in [-0.39, 0.29) is 32.0 Å². The van der Waals surface area contributed by atoms with E-state index in [2.05, 4.69) is 26.9 Å². The molecule has 4 atom stereocenters. The van der Waals surface area contributed by atoms with Crippen molar-refractivity contribution >= 4 is 53.0 Å². The van der Waals surface area contributed by atoms with E-state index in [1.807, 2.05) is 91.0 Å². The molecule has 0 unspecified atom stereocenters. The molecule has 0 aliphatic carbocycles. The van der Waals surface area contributed by atoms with E-state index in [4.69, 9.17) is 42.1 Å². The van der Waals surface area contributed by atoms with E-state index in [1.165, 1.54) is 6.92 Å². The van der Waals surface area contributed by atoms with Crippen LogP contribution in [0.2, 0.25) is 10.0 Å². The smallest absolute Gasteiger partial charge is 0.334 e. The van der Waals surface area contributed by atoms with Crippen LogP contribution in [0.1, 0.15) is 38.8 Å². The average molecular weight is 823 g/mol. The van der Waals surface area contributed by atoms with Gasteiger partial charge >= 0.3 is 17.9 Å². The minimum absolute atomic E-state index is 0.148. The first-order valence-corrected chi connectivity index (χ1v) is 18.8. The number of nitrogens with zero attached hydrogens (tertiary/aromatic N) is 1. The van der Waals surface area contributed by atoms with Crippen LogP contribution in [0.15, 0.2) is 102 Å². The van der Waals surface area contributed by atoms with Crippen LogP contribution in [0.25, 0.3) is 22.3 Å². The maximum absolute atomic E-state index is 12.8. The Morgan fingerprint density at radius 2 is 1.14 bits per heavy atom. The Morgan fingerprint density at radius 1 is 0.684 bits per heavy atom. The number of carbonyl (C=O) groups excluding carboxylic acids is 3. The largest absolute Gasteiger partial charge is 0.479 e. The summed E-state index contributed by atoms with van der Waals surface area (Å²) in [5.41, 5.74) is 13.2. The van der Waals surface area contributed by atoms with Gasteiger partial charge in [-0.3, -0.25) is 15.5 Å². The van der Waals surface area contributed by atoms with Gasteiger partial charge in [-0.15, -0.1) is 10.6 Å². The van der Waals surface area contributed by atoms with Gasteiger partial charge in [0.1, 0.15) is 6.10 Å². The Balaban J connectivity index is 0.000000257. The minimum atomic E-state index is -1.13. The first-order valence-electron chi connectivity index (χ1n) is 18.1. The quantitative estimate of drug-likeness (QED) is 0.0850. The fraction of sp³-hybridized carbons (Fsp3) is 0.293. The predicted molar refractivity (Wildman–Crippen MR) is 216 cm³/mol. The molecule has 1 amide bonds. The Morgan fingerprint density at radius 3 is 1.54 bits per heavy atom. The number of halogens is 2. The van der Waals surface area contributed by atoms with Gasteiger partial charge in [0, 0.05) is 22.9 Å². The van der Waals surface area contributed by atoms with E-state index in [9.17, 15) is 24.3 Å². The second-order valence-corrected chi connectivity index (χ2v) is 13.4. The molecular formula is C41H45Cl2N5O9. The Hall–Kier alpha value is -5.51. The number of hydrogen-bond acceptors (Lipinski definition) is 12. The van der Waals surface area contributed by atoms with E-state index < -0.39 is 48.2 Å². The highest BCUT2D eigenvalue weighted by Gasteiger charge is 2.28. The highest BCUT2D eigenvalue weighted by Crippen LogP contribution is 2.25. The molecule has 5 rings (SSSR count). The second kappa shape index (κ2) is 22.3. The summed E-state index contributed by atoms with van der Waals surface area (Å²) in [7, 11) is 0. The predicted octanol–water partition coefficient (Wildman–Crippen LogP) is 5.86. The lowest BCUT2D eigenvalue weighted by Crippen LogP contribution is -2.49.